The summed E-state index contributed by atoms with van der Waals surface area (Å²) in [6.45, 7) is 0.726. The van der Waals surface area contributed by atoms with Crippen molar-refractivity contribution in [2.24, 2.45) is 5.92 Å². The van der Waals surface area contributed by atoms with Crippen LogP contribution in [0.2, 0.25) is 0 Å². The van der Waals surface area contributed by atoms with E-state index in [9.17, 15) is 26.4 Å². The number of rotatable bonds is 5. The molecule has 0 spiro atoms. The van der Waals surface area contributed by atoms with Crippen LogP contribution in [-0.2, 0) is 27.5 Å². The van der Waals surface area contributed by atoms with Crippen molar-refractivity contribution in [2.45, 2.75) is 25.6 Å². The zero-order valence-electron chi connectivity index (χ0n) is 15.7. The maximum atomic E-state index is 12.8. The minimum atomic E-state index is -4.41. The van der Waals surface area contributed by atoms with Gasteiger partial charge < -0.3 is 5.32 Å². The number of hydrogen-bond acceptors (Lipinski definition) is 4. The van der Waals surface area contributed by atoms with Gasteiger partial charge in [0.1, 0.15) is 0 Å². The Morgan fingerprint density at radius 1 is 1.28 bits per heavy atom. The molecule has 1 fully saturated rings. The van der Waals surface area contributed by atoms with Crippen molar-refractivity contribution in [3.63, 3.8) is 0 Å². The SMILES string of the molecule is CS(=O)(=O)N1CCC(C(=O)Nc2cnn(Cc3cccc(C(F)(F)F)c3)c2)CC1. The fourth-order valence-electron chi connectivity index (χ4n) is 3.24. The van der Waals surface area contributed by atoms with Crippen LogP contribution < -0.4 is 5.32 Å². The lowest BCUT2D eigenvalue weighted by atomic mass is 9.97. The number of aromatic nitrogens is 2. The fraction of sp³-hybridized carbons (Fsp3) is 0.444. The van der Waals surface area contributed by atoms with Crippen LogP contribution in [0.1, 0.15) is 24.0 Å². The molecule has 29 heavy (non-hydrogen) atoms. The highest BCUT2D eigenvalue weighted by molar-refractivity contribution is 7.88. The van der Waals surface area contributed by atoms with Gasteiger partial charge in [-0.15, -0.1) is 0 Å². The minimum absolute atomic E-state index is 0.131. The van der Waals surface area contributed by atoms with E-state index in [1.807, 2.05) is 0 Å². The van der Waals surface area contributed by atoms with Crippen LogP contribution in [0.4, 0.5) is 18.9 Å². The monoisotopic (exact) mass is 430 g/mol. The van der Waals surface area contributed by atoms with Crippen LogP contribution >= 0.6 is 0 Å². The molecule has 0 bridgehead atoms. The number of carbonyl (C=O) groups excluding carboxylic acids is 1. The molecular weight excluding hydrogens is 409 g/mol. The van der Waals surface area contributed by atoms with E-state index < -0.39 is 21.8 Å². The van der Waals surface area contributed by atoms with Gasteiger partial charge in [0.25, 0.3) is 0 Å². The first-order valence-corrected chi connectivity index (χ1v) is 10.8. The summed E-state index contributed by atoms with van der Waals surface area (Å²) in [4.78, 5) is 12.4. The quantitative estimate of drug-likeness (QED) is 0.790. The van der Waals surface area contributed by atoms with Gasteiger partial charge in [0, 0.05) is 25.2 Å². The Hall–Kier alpha value is -2.40. The summed E-state index contributed by atoms with van der Waals surface area (Å²) in [7, 11) is -3.25. The molecule has 2 aromatic rings. The first-order valence-electron chi connectivity index (χ1n) is 8.97. The van der Waals surface area contributed by atoms with Crippen molar-refractivity contribution in [3.8, 4) is 0 Å². The number of hydrogen-bond donors (Lipinski definition) is 1. The van der Waals surface area contributed by atoms with Crippen molar-refractivity contribution in [1.29, 1.82) is 0 Å². The van der Waals surface area contributed by atoms with Gasteiger partial charge in [-0.1, -0.05) is 12.1 Å². The van der Waals surface area contributed by atoms with Gasteiger partial charge in [0.15, 0.2) is 0 Å². The van der Waals surface area contributed by atoms with Crippen LogP contribution in [0.25, 0.3) is 0 Å². The molecule has 1 N–H and O–H groups in total. The number of amides is 1. The number of alkyl halides is 3. The molecule has 1 amide bonds. The molecule has 7 nitrogen and oxygen atoms in total. The van der Waals surface area contributed by atoms with E-state index in [0.29, 0.717) is 37.2 Å². The van der Waals surface area contributed by atoms with Gasteiger partial charge in [-0.25, -0.2) is 12.7 Å². The summed E-state index contributed by atoms with van der Waals surface area (Å²) >= 11 is 0. The molecule has 158 valence electrons. The van der Waals surface area contributed by atoms with Crippen molar-refractivity contribution in [3.05, 3.63) is 47.8 Å². The molecule has 1 aromatic heterocycles. The number of piperidine rings is 1. The molecular formula is C18H21F3N4O3S. The van der Waals surface area contributed by atoms with Gasteiger partial charge >= 0.3 is 6.18 Å². The smallest absolute Gasteiger partial charge is 0.323 e. The molecule has 1 aliphatic heterocycles. The average Bonchev–Trinajstić information content (AvgIpc) is 3.07. The van der Waals surface area contributed by atoms with E-state index in [1.165, 1.54) is 21.3 Å². The molecule has 0 saturated carbocycles. The second kappa shape index (κ2) is 8.15. The predicted molar refractivity (Wildman–Crippen MR) is 101 cm³/mol. The number of benzene rings is 1. The molecule has 0 aliphatic carbocycles. The molecule has 0 unspecified atom stereocenters. The molecule has 3 rings (SSSR count). The van der Waals surface area contributed by atoms with Crippen molar-refractivity contribution < 1.29 is 26.4 Å². The Morgan fingerprint density at radius 2 is 1.97 bits per heavy atom. The minimum Gasteiger partial charge on any atom is -0.323 e. The van der Waals surface area contributed by atoms with E-state index in [2.05, 4.69) is 10.4 Å². The Bertz CT molecular complexity index is 980. The second-order valence-electron chi connectivity index (χ2n) is 7.05. The van der Waals surface area contributed by atoms with E-state index >= 15 is 0 Å². The molecule has 1 aromatic carbocycles. The standard InChI is InChI=1S/C18H21F3N4O3S/c1-29(27,28)25-7-5-14(6-8-25)17(26)23-16-10-22-24(12-16)11-13-3-2-4-15(9-13)18(19,20)21/h2-4,9-10,12,14H,5-8,11H2,1H3,(H,23,26). The number of carbonyl (C=O) groups is 1. The average molecular weight is 430 g/mol. The molecule has 1 aliphatic rings. The number of halogens is 3. The van der Waals surface area contributed by atoms with Crippen LogP contribution in [0.3, 0.4) is 0 Å². The Balaban J connectivity index is 1.58. The van der Waals surface area contributed by atoms with E-state index in [-0.39, 0.29) is 18.4 Å². The maximum absolute atomic E-state index is 12.8. The molecule has 1 saturated heterocycles. The largest absolute Gasteiger partial charge is 0.416 e. The number of sulfonamides is 1. The summed E-state index contributed by atoms with van der Waals surface area (Å²) in [5.74, 6) is -0.531. The van der Waals surface area contributed by atoms with E-state index in [1.54, 1.807) is 12.3 Å². The highest BCUT2D eigenvalue weighted by atomic mass is 32.2. The lowest BCUT2D eigenvalue weighted by Crippen LogP contribution is -2.40. The zero-order chi connectivity index (χ0) is 21.2. The van der Waals surface area contributed by atoms with Gasteiger partial charge in [-0.3, -0.25) is 9.48 Å². The molecule has 11 heteroatoms. The highest BCUT2D eigenvalue weighted by Crippen LogP contribution is 2.29. The number of nitrogens with zero attached hydrogens (tertiary/aromatic N) is 3. The van der Waals surface area contributed by atoms with Gasteiger partial charge in [-0.2, -0.15) is 18.3 Å². The first kappa shape index (κ1) is 21.3. The van der Waals surface area contributed by atoms with Crippen molar-refractivity contribution in [1.82, 2.24) is 14.1 Å². The summed E-state index contributed by atoms with van der Waals surface area (Å²) < 4.78 is 64.3. The maximum Gasteiger partial charge on any atom is 0.416 e. The third-order valence-corrected chi connectivity index (χ3v) is 6.10. The Kier molecular flexibility index (Phi) is 5.99. The van der Waals surface area contributed by atoms with Gasteiger partial charge in [-0.05, 0) is 30.5 Å². The van der Waals surface area contributed by atoms with Crippen molar-refractivity contribution in [2.75, 3.05) is 24.7 Å². The number of anilines is 1. The van der Waals surface area contributed by atoms with Crippen LogP contribution in [0, 0.1) is 5.92 Å². The van der Waals surface area contributed by atoms with Crippen molar-refractivity contribution >= 4 is 21.6 Å². The molecule has 0 radical (unpaired) electrons. The third kappa shape index (κ3) is 5.57. The fourth-order valence-corrected chi connectivity index (χ4v) is 4.12. The van der Waals surface area contributed by atoms with E-state index in [0.717, 1.165) is 18.4 Å². The van der Waals surface area contributed by atoms with Crippen LogP contribution in [0.15, 0.2) is 36.7 Å². The third-order valence-electron chi connectivity index (χ3n) is 4.79. The topological polar surface area (TPSA) is 84.3 Å². The normalized spacial score (nSPS) is 16.7. The lowest BCUT2D eigenvalue weighted by molar-refractivity contribution is -0.137. The highest BCUT2D eigenvalue weighted by Gasteiger charge is 2.30. The zero-order valence-corrected chi connectivity index (χ0v) is 16.5. The summed E-state index contributed by atoms with van der Waals surface area (Å²) in [6.07, 6.45) is 0.563. The van der Waals surface area contributed by atoms with E-state index in [4.69, 9.17) is 0 Å². The van der Waals surface area contributed by atoms with Gasteiger partial charge in [0.05, 0.1) is 30.2 Å². The van der Waals surface area contributed by atoms with Crippen LogP contribution in [-0.4, -0.2) is 47.8 Å². The number of nitrogens with one attached hydrogen (secondary N) is 1. The Labute approximate surface area is 166 Å². The summed E-state index contributed by atoms with van der Waals surface area (Å²) in [5.41, 5.74) is 0.151. The molecule has 2 heterocycles. The Morgan fingerprint density at radius 3 is 2.59 bits per heavy atom. The van der Waals surface area contributed by atoms with Crippen LogP contribution in [0.5, 0.6) is 0 Å². The summed E-state index contributed by atoms with van der Waals surface area (Å²) in [6, 6.07) is 4.99. The first-order chi connectivity index (χ1) is 13.5. The molecule has 0 atom stereocenters. The lowest BCUT2D eigenvalue weighted by Gasteiger charge is -2.29. The van der Waals surface area contributed by atoms with Gasteiger partial charge in [0.2, 0.25) is 15.9 Å². The second-order valence-corrected chi connectivity index (χ2v) is 9.03. The summed E-state index contributed by atoms with van der Waals surface area (Å²) in [5, 5.41) is 6.82. The predicted octanol–water partition coefficient (Wildman–Crippen LogP) is 2.56.